The van der Waals surface area contributed by atoms with Crippen LogP contribution < -0.4 is 0 Å². The molecule has 0 bridgehead atoms. The number of quaternary nitrogens is 1. The summed E-state index contributed by atoms with van der Waals surface area (Å²) < 4.78 is 0. The zero-order chi connectivity index (χ0) is 17.9. The van der Waals surface area contributed by atoms with Gasteiger partial charge in [0.2, 0.25) is 0 Å². The van der Waals surface area contributed by atoms with E-state index in [-0.39, 0.29) is 24.1 Å². The molecule has 1 aliphatic rings. The summed E-state index contributed by atoms with van der Waals surface area (Å²) in [6, 6.07) is 15.0. The van der Waals surface area contributed by atoms with Crippen molar-refractivity contribution in [3.05, 3.63) is 60.2 Å². The molecule has 0 aromatic heterocycles. The largest absolute Gasteiger partial charge is 0.405 e. The van der Waals surface area contributed by atoms with E-state index < -0.39 is 22.6 Å². The summed E-state index contributed by atoms with van der Waals surface area (Å²) in [6.07, 6.45) is -0.365. The van der Waals surface area contributed by atoms with Gasteiger partial charge in [-0.05, 0) is 24.3 Å². The average molecular weight is 340 g/mol. The third kappa shape index (κ3) is 3.35. The molecule has 1 heterocycles. The van der Waals surface area contributed by atoms with Crippen LogP contribution in [-0.4, -0.2) is 27.8 Å². The van der Waals surface area contributed by atoms with Gasteiger partial charge in [-0.1, -0.05) is 30.3 Å². The number of imide groups is 1. The van der Waals surface area contributed by atoms with Gasteiger partial charge in [0, 0.05) is 0 Å². The van der Waals surface area contributed by atoms with Crippen molar-refractivity contribution < 1.29 is 29.2 Å². The minimum absolute atomic E-state index is 0.0266. The van der Waals surface area contributed by atoms with Crippen LogP contribution in [0.3, 0.4) is 0 Å². The lowest BCUT2D eigenvalue weighted by Gasteiger charge is -2.15. The predicted molar refractivity (Wildman–Crippen MR) is 83.8 cm³/mol. The van der Waals surface area contributed by atoms with Crippen molar-refractivity contribution in [1.82, 2.24) is 0 Å². The first kappa shape index (κ1) is 16.6. The van der Waals surface area contributed by atoms with E-state index in [9.17, 15) is 19.6 Å². The molecule has 25 heavy (non-hydrogen) atoms. The molecule has 1 fully saturated rings. The number of amides is 2. The molecule has 1 saturated heterocycles. The quantitative estimate of drug-likeness (QED) is 0.398. The minimum Gasteiger partial charge on any atom is -0.239 e. The maximum absolute atomic E-state index is 12.3. The van der Waals surface area contributed by atoms with Crippen LogP contribution in [0.2, 0.25) is 0 Å². The van der Waals surface area contributed by atoms with Gasteiger partial charge in [0.05, 0.1) is 24.1 Å². The fraction of sp³-hybridized carbons (Fsp3) is 0.118. The van der Waals surface area contributed by atoms with Gasteiger partial charge in [0.25, 0.3) is 0 Å². The molecular formula is C17H14N3O5+. The molecular weight excluding hydrogens is 326 g/mol. The van der Waals surface area contributed by atoms with Crippen molar-refractivity contribution in [3.8, 4) is 0 Å². The van der Waals surface area contributed by atoms with Crippen LogP contribution >= 0.6 is 0 Å². The molecule has 0 atom stereocenters. The molecule has 3 rings (SSSR count). The predicted octanol–water partition coefficient (Wildman–Crippen LogP) is 3.23. The first-order chi connectivity index (χ1) is 12.0. The Bertz CT molecular complexity index is 848. The number of carbonyl (C=O) groups excluding carboxylic acids is 3. The lowest BCUT2D eigenvalue weighted by molar-refractivity contribution is -1.12. The van der Waals surface area contributed by atoms with Gasteiger partial charge in [-0.3, -0.25) is 0 Å². The highest BCUT2D eigenvalue weighted by Gasteiger charge is 2.55. The van der Waals surface area contributed by atoms with Gasteiger partial charge >= 0.3 is 17.8 Å². The molecule has 1 aliphatic heterocycles. The van der Waals surface area contributed by atoms with Gasteiger partial charge in [-0.25, -0.2) is 19.2 Å². The minimum atomic E-state index is -1.97. The van der Waals surface area contributed by atoms with Crippen molar-refractivity contribution in [2.24, 2.45) is 10.2 Å². The number of benzene rings is 2. The summed E-state index contributed by atoms with van der Waals surface area (Å²) in [4.78, 5) is 38.4. The molecule has 8 nitrogen and oxygen atoms in total. The topological polar surface area (TPSA) is 105 Å². The Morgan fingerprint density at radius 3 is 2.20 bits per heavy atom. The Labute approximate surface area is 142 Å². The number of hydroxylamine groups is 4. The van der Waals surface area contributed by atoms with Crippen molar-refractivity contribution in [2.75, 3.05) is 0 Å². The molecule has 1 N–H and O–H groups in total. The molecule has 0 aliphatic carbocycles. The lowest BCUT2D eigenvalue weighted by Crippen LogP contribution is -2.50. The highest BCUT2D eigenvalue weighted by molar-refractivity contribution is 5.96. The van der Waals surface area contributed by atoms with Gasteiger partial charge < -0.3 is 0 Å². The molecule has 2 aromatic carbocycles. The van der Waals surface area contributed by atoms with E-state index in [0.717, 1.165) is 0 Å². The Hall–Kier alpha value is -3.23. The maximum Gasteiger partial charge on any atom is 0.405 e. The Morgan fingerprint density at radius 2 is 1.52 bits per heavy atom. The number of hydrogen-bond donors (Lipinski definition) is 1. The second kappa shape index (κ2) is 6.71. The first-order valence-corrected chi connectivity index (χ1v) is 7.49. The zero-order valence-electron chi connectivity index (χ0n) is 13.0. The van der Waals surface area contributed by atoms with E-state index in [2.05, 4.69) is 10.2 Å². The molecule has 2 aromatic rings. The average Bonchev–Trinajstić information content (AvgIpc) is 2.88. The van der Waals surface area contributed by atoms with Crippen molar-refractivity contribution in [1.29, 1.82) is 0 Å². The smallest absolute Gasteiger partial charge is 0.239 e. The molecule has 126 valence electrons. The third-order valence-corrected chi connectivity index (χ3v) is 3.60. The molecule has 2 amide bonds. The number of rotatable bonds is 4. The van der Waals surface area contributed by atoms with Gasteiger partial charge in [-0.15, -0.1) is 5.11 Å². The Balaban J connectivity index is 1.85. The van der Waals surface area contributed by atoms with Crippen LogP contribution in [0.5, 0.6) is 0 Å². The summed E-state index contributed by atoms with van der Waals surface area (Å²) >= 11 is 0. The second-order valence-electron chi connectivity index (χ2n) is 5.29. The van der Waals surface area contributed by atoms with E-state index >= 15 is 0 Å². The van der Waals surface area contributed by atoms with E-state index in [1.807, 2.05) is 6.07 Å². The van der Waals surface area contributed by atoms with Crippen molar-refractivity contribution in [2.45, 2.75) is 12.8 Å². The highest BCUT2D eigenvalue weighted by atomic mass is 17.0. The van der Waals surface area contributed by atoms with Gasteiger partial charge in [-0.2, -0.15) is 10.3 Å². The van der Waals surface area contributed by atoms with Crippen LogP contribution in [0, 0.1) is 0 Å². The number of hydrogen-bond acceptors (Lipinski definition) is 7. The van der Waals surface area contributed by atoms with E-state index in [1.165, 1.54) is 12.1 Å². The highest BCUT2D eigenvalue weighted by Crippen LogP contribution is 2.26. The standard InChI is InChI=1S/C17H14N3O5/c21-15-10-11-16(22)20(15,24)25-17(23)13-8-4-5-9-14(13)19-18-12-6-2-1-3-7-12/h1-9,24H,10-11H2/q+1. The van der Waals surface area contributed by atoms with E-state index in [4.69, 9.17) is 4.84 Å². The summed E-state index contributed by atoms with van der Waals surface area (Å²) in [5, 5.41) is 18.0. The van der Waals surface area contributed by atoms with Crippen LogP contribution in [0.1, 0.15) is 23.2 Å². The maximum atomic E-state index is 12.3. The first-order valence-electron chi connectivity index (χ1n) is 7.49. The van der Waals surface area contributed by atoms with Crippen LogP contribution in [0.25, 0.3) is 0 Å². The second-order valence-corrected chi connectivity index (χ2v) is 5.29. The normalized spacial score (nSPS) is 16.4. The number of nitrogens with zero attached hydrogens (tertiary/aromatic N) is 3. The molecule has 0 spiro atoms. The molecule has 0 radical (unpaired) electrons. The summed E-state index contributed by atoms with van der Waals surface area (Å²) in [7, 11) is 0. The van der Waals surface area contributed by atoms with Crippen LogP contribution in [-0.2, 0) is 14.4 Å². The van der Waals surface area contributed by atoms with E-state index in [1.54, 1.807) is 36.4 Å². The summed E-state index contributed by atoms with van der Waals surface area (Å²) in [6.45, 7) is 0. The molecule has 0 saturated carbocycles. The van der Waals surface area contributed by atoms with Gasteiger partial charge in [0.15, 0.2) is 0 Å². The molecule has 8 heteroatoms. The Morgan fingerprint density at radius 1 is 0.920 bits per heavy atom. The van der Waals surface area contributed by atoms with E-state index in [0.29, 0.717) is 5.69 Å². The van der Waals surface area contributed by atoms with Crippen molar-refractivity contribution >= 4 is 29.2 Å². The van der Waals surface area contributed by atoms with Crippen LogP contribution in [0.15, 0.2) is 64.8 Å². The summed E-state index contributed by atoms with van der Waals surface area (Å²) in [5.41, 5.74) is 0.740. The zero-order valence-corrected chi connectivity index (χ0v) is 13.0. The SMILES string of the molecule is O=C(O[N+]1(O)C(=O)CCC1=O)c1ccccc1N=Nc1ccccc1. The third-order valence-electron chi connectivity index (χ3n) is 3.60. The number of azo groups is 1. The molecule has 0 unspecified atom stereocenters. The lowest BCUT2D eigenvalue weighted by atomic mass is 10.2. The van der Waals surface area contributed by atoms with Crippen molar-refractivity contribution in [3.63, 3.8) is 0 Å². The number of carbonyl (C=O) groups is 3. The fourth-order valence-electron chi connectivity index (χ4n) is 2.27. The fourth-order valence-corrected chi connectivity index (χ4v) is 2.27. The summed E-state index contributed by atoms with van der Waals surface area (Å²) in [5.74, 6) is -2.82. The van der Waals surface area contributed by atoms with Crippen LogP contribution in [0.4, 0.5) is 11.4 Å². The Kier molecular flexibility index (Phi) is 4.46. The van der Waals surface area contributed by atoms with Gasteiger partial charge in [0.1, 0.15) is 10.5 Å². The monoisotopic (exact) mass is 340 g/mol.